The van der Waals surface area contributed by atoms with Gasteiger partial charge in [-0.1, -0.05) is 12.1 Å². The Hall–Kier alpha value is -1.67. The standard InChI is InChI=1S/C10H8BrN3O3S/c11-9-5-13-10(6-12-9)14-18(16,17)8-4-2-1-3-7(8)15/h1-6,15H,(H,13,14). The molecular weight excluding hydrogens is 322 g/mol. The van der Waals surface area contributed by atoms with Gasteiger partial charge in [0.1, 0.15) is 15.2 Å². The van der Waals surface area contributed by atoms with E-state index < -0.39 is 10.0 Å². The Bertz CT molecular complexity index is 658. The average molecular weight is 330 g/mol. The largest absolute Gasteiger partial charge is 0.507 e. The van der Waals surface area contributed by atoms with Gasteiger partial charge in [0.25, 0.3) is 10.0 Å². The van der Waals surface area contributed by atoms with Crippen LogP contribution in [-0.4, -0.2) is 23.5 Å². The zero-order valence-corrected chi connectivity index (χ0v) is 11.3. The van der Waals surface area contributed by atoms with Crippen molar-refractivity contribution in [2.45, 2.75) is 4.90 Å². The molecule has 2 rings (SSSR count). The monoisotopic (exact) mass is 329 g/mol. The van der Waals surface area contributed by atoms with Crippen LogP contribution in [0.5, 0.6) is 5.75 Å². The number of benzene rings is 1. The van der Waals surface area contributed by atoms with Crippen molar-refractivity contribution in [1.82, 2.24) is 9.97 Å². The summed E-state index contributed by atoms with van der Waals surface area (Å²) in [5.41, 5.74) is 0. The molecule has 0 aliphatic heterocycles. The number of halogens is 1. The Balaban J connectivity index is 2.33. The van der Waals surface area contributed by atoms with Crippen molar-refractivity contribution in [1.29, 1.82) is 0 Å². The molecule has 1 aromatic heterocycles. The fraction of sp³-hybridized carbons (Fsp3) is 0. The summed E-state index contributed by atoms with van der Waals surface area (Å²) < 4.78 is 26.6. The molecular formula is C10H8BrN3O3S. The van der Waals surface area contributed by atoms with Gasteiger partial charge in [0, 0.05) is 0 Å². The molecule has 1 aromatic carbocycles. The lowest BCUT2D eigenvalue weighted by Gasteiger charge is -2.08. The van der Waals surface area contributed by atoms with Crippen molar-refractivity contribution < 1.29 is 13.5 Å². The molecule has 8 heteroatoms. The minimum absolute atomic E-state index is 0.0708. The number of sulfonamides is 1. The second-order valence-electron chi connectivity index (χ2n) is 3.30. The van der Waals surface area contributed by atoms with Crippen LogP contribution in [0.2, 0.25) is 0 Å². The summed E-state index contributed by atoms with van der Waals surface area (Å²) in [6.07, 6.45) is 2.63. The number of rotatable bonds is 3. The predicted octanol–water partition coefficient (Wildman–Crippen LogP) is 1.75. The molecule has 0 radical (unpaired) electrons. The molecule has 94 valence electrons. The van der Waals surface area contributed by atoms with E-state index in [4.69, 9.17) is 0 Å². The molecule has 0 unspecified atom stereocenters. The lowest BCUT2D eigenvalue weighted by molar-refractivity contribution is 0.459. The van der Waals surface area contributed by atoms with Crippen LogP contribution in [0.4, 0.5) is 5.82 Å². The van der Waals surface area contributed by atoms with Gasteiger partial charge in [-0.3, -0.25) is 4.72 Å². The summed E-state index contributed by atoms with van der Waals surface area (Å²) in [6.45, 7) is 0. The fourth-order valence-electron chi connectivity index (χ4n) is 1.24. The van der Waals surface area contributed by atoms with E-state index in [1.807, 2.05) is 0 Å². The van der Waals surface area contributed by atoms with Crippen molar-refractivity contribution in [2.24, 2.45) is 0 Å². The number of phenolic OH excluding ortho intramolecular Hbond substituents is 1. The van der Waals surface area contributed by atoms with Gasteiger partial charge >= 0.3 is 0 Å². The summed E-state index contributed by atoms with van der Waals surface area (Å²) in [5.74, 6) is -0.253. The molecule has 0 atom stereocenters. The highest BCUT2D eigenvalue weighted by atomic mass is 79.9. The predicted molar refractivity (Wildman–Crippen MR) is 68.6 cm³/mol. The summed E-state index contributed by atoms with van der Waals surface area (Å²) in [6, 6.07) is 5.64. The SMILES string of the molecule is O=S(=O)(Nc1cnc(Br)cn1)c1ccccc1O. The highest BCUT2D eigenvalue weighted by Crippen LogP contribution is 2.23. The maximum atomic E-state index is 12.0. The number of hydrogen-bond acceptors (Lipinski definition) is 5. The van der Waals surface area contributed by atoms with Crippen molar-refractivity contribution in [3.8, 4) is 5.75 Å². The highest BCUT2D eigenvalue weighted by Gasteiger charge is 2.18. The molecule has 0 saturated heterocycles. The van der Waals surface area contributed by atoms with Crippen LogP contribution >= 0.6 is 15.9 Å². The zero-order chi connectivity index (χ0) is 13.2. The van der Waals surface area contributed by atoms with E-state index in [1.165, 1.54) is 36.7 Å². The first-order valence-electron chi connectivity index (χ1n) is 4.77. The molecule has 0 fully saturated rings. The molecule has 2 N–H and O–H groups in total. The van der Waals surface area contributed by atoms with E-state index in [9.17, 15) is 13.5 Å². The van der Waals surface area contributed by atoms with E-state index in [0.717, 1.165) is 0 Å². The normalized spacial score (nSPS) is 11.2. The van der Waals surface area contributed by atoms with Gasteiger partial charge in [-0.05, 0) is 28.1 Å². The summed E-state index contributed by atoms with van der Waals surface area (Å²) in [4.78, 5) is 7.47. The van der Waals surface area contributed by atoms with Crippen LogP contribution in [0.1, 0.15) is 0 Å². The van der Waals surface area contributed by atoms with Crippen LogP contribution in [-0.2, 0) is 10.0 Å². The summed E-state index contributed by atoms with van der Waals surface area (Å²) in [5, 5.41) is 9.51. The Morgan fingerprint density at radius 3 is 2.50 bits per heavy atom. The molecule has 0 aliphatic carbocycles. The third-order valence-corrected chi connectivity index (χ3v) is 3.83. The van der Waals surface area contributed by atoms with Gasteiger partial charge in [0.15, 0.2) is 5.82 Å². The molecule has 18 heavy (non-hydrogen) atoms. The van der Waals surface area contributed by atoms with E-state index >= 15 is 0 Å². The third-order valence-electron chi connectivity index (χ3n) is 2.01. The van der Waals surface area contributed by atoms with Crippen molar-refractivity contribution >= 4 is 31.8 Å². The van der Waals surface area contributed by atoms with Gasteiger partial charge in [0.2, 0.25) is 0 Å². The average Bonchev–Trinajstić information content (AvgIpc) is 2.32. The van der Waals surface area contributed by atoms with E-state index in [-0.39, 0.29) is 16.5 Å². The van der Waals surface area contributed by atoms with Crippen molar-refractivity contribution in [3.63, 3.8) is 0 Å². The van der Waals surface area contributed by atoms with Gasteiger partial charge in [-0.15, -0.1) is 0 Å². The Morgan fingerprint density at radius 1 is 1.17 bits per heavy atom. The number of aromatic nitrogens is 2. The zero-order valence-electron chi connectivity index (χ0n) is 8.91. The Kier molecular flexibility index (Phi) is 3.48. The van der Waals surface area contributed by atoms with E-state index in [2.05, 4.69) is 30.6 Å². The minimum Gasteiger partial charge on any atom is -0.507 e. The number of para-hydroxylation sites is 1. The number of phenols is 1. The minimum atomic E-state index is -3.87. The maximum absolute atomic E-state index is 12.0. The number of nitrogens with zero attached hydrogens (tertiary/aromatic N) is 2. The highest BCUT2D eigenvalue weighted by molar-refractivity contribution is 9.10. The molecule has 0 amide bonds. The van der Waals surface area contributed by atoms with Crippen molar-refractivity contribution in [3.05, 3.63) is 41.3 Å². The van der Waals surface area contributed by atoms with Crippen molar-refractivity contribution in [2.75, 3.05) is 4.72 Å². The van der Waals surface area contributed by atoms with Gasteiger partial charge < -0.3 is 5.11 Å². The topological polar surface area (TPSA) is 92.2 Å². The van der Waals surface area contributed by atoms with Crippen LogP contribution in [0.3, 0.4) is 0 Å². The third kappa shape index (κ3) is 2.77. The second-order valence-corrected chi connectivity index (χ2v) is 5.76. The lowest BCUT2D eigenvalue weighted by atomic mass is 10.3. The number of aromatic hydroxyl groups is 1. The van der Waals surface area contributed by atoms with E-state index in [0.29, 0.717) is 4.60 Å². The van der Waals surface area contributed by atoms with Crippen LogP contribution < -0.4 is 4.72 Å². The first-order chi connectivity index (χ1) is 8.49. The number of nitrogens with one attached hydrogen (secondary N) is 1. The Morgan fingerprint density at radius 2 is 1.89 bits per heavy atom. The lowest BCUT2D eigenvalue weighted by Crippen LogP contribution is -2.14. The molecule has 2 aromatic rings. The first-order valence-corrected chi connectivity index (χ1v) is 7.05. The summed E-state index contributed by atoms with van der Waals surface area (Å²) in [7, 11) is -3.87. The molecule has 6 nitrogen and oxygen atoms in total. The fourth-order valence-corrected chi connectivity index (χ4v) is 2.54. The van der Waals surface area contributed by atoms with Crippen LogP contribution in [0.15, 0.2) is 46.2 Å². The van der Waals surface area contributed by atoms with Crippen LogP contribution in [0.25, 0.3) is 0 Å². The molecule has 1 heterocycles. The summed E-state index contributed by atoms with van der Waals surface area (Å²) >= 11 is 3.09. The smallest absolute Gasteiger partial charge is 0.266 e. The Labute approximate surface area is 112 Å². The maximum Gasteiger partial charge on any atom is 0.266 e. The second kappa shape index (κ2) is 4.91. The first kappa shape index (κ1) is 12.8. The molecule has 0 bridgehead atoms. The molecule has 0 spiro atoms. The molecule has 0 saturated carbocycles. The number of hydrogen-bond donors (Lipinski definition) is 2. The quantitative estimate of drug-likeness (QED) is 0.894. The molecule has 0 aliphatic rings. The number of anilines is 1. The van der Waals surface area contributed by atoms with Gasteiger partial charge in [-0.25, -0.2) is 18.4 Å². The van der Waals surface area contributed by atoms with Crippen LogP contribution in [0, 0.1) is 0 Å². The van der Waals surface area contributed by atoms with Gasteiger partial charge in [-0.2, -0.15) is 0 Å². The van der Waals surface area contributed by atoms with Gasteiger partial charge in [0.05, 0.1) is 12.4 Å². The van der Waals surface area contributed by atoms with E-state index in [1.54, 1.807) is 0 Å².